The van der Waals surface area contributed by atoms with Crippen molar-refractivity contribution in [2.45, 2.75) is 33.4 Å². The predicted molar refractivity (Wildman–Crippen MR) is 113 cm³/mol. The molecule has 5 heteroatoms. The van der Waals surface area contributed by atoms with E-state index in [9.17, 15) is 9.59 Å². The lowest BCUT2D eigenvalue weighted by Gasteiger charge is -2.33. The van der Waals surface area contributed by atoms with E-state index < -0.39 is 6.04 Å². The van der Waals surface area contributed by atoms with Crippen LogP contribution in [0.15, 0.2) is 66.9 Å². The number of anilines is 2. The number of rotatable bonds is 3. The molecule has 29 heavy (non-hydrogen) atoms. The Bertz CT molecular complexity index is 1110. The monoisotopic (exact) mass is 386 g/mol. The third-order valence-electron chi connectivity index (χ3n) is 5.58. The summed E-state index contributed by atoms with van der Waals surface area (Å²) in [5.41, 5.74) is 5.37. The average molecular weight is 386 g/mol. The van der Waals surface area contributed by atoms with Crippen LogP contribution in [0.1, 0.15) is 28.4 Å². The molecule has 5 nitrogen and oxygen atoms in total. The largest absolute Gasteiger partial charge is 0.324 e. The fourth-order valence-electron chi connectivity index (χ4n) is 3.82. The van der Waals surface area contributed by atoms with Crippen LogP contribution in [-0.4, -0.2) is 11.8 Å². The minimum atomic E-state index is -0.752. The predicted octanol–water partition coefficient (Wildman–Crippen LogP) is 3.63. The van der Waals surface area contributed by atoms with Gasteiger partial charge in [-0.1, -0.05) is 36.4 Å². The number of nitrogens with zero attached hydrogens (tertiary/aromatic N) is 2. The van der Waals surface area contributed by atoms with Crippen LogP contribution in [0.3, 0.4) is 0 Å². The van der Waals surface area contributed by atoms with Gasteiger partial charge in [0, 0.05) is 23.5 Å². The third-order valence-corrected chi connectivity index (χ3v) is 5.58. The fourth-order valence-corrected chi connectivity index (χ4v) is 3.82. The molecule has 0 aliphatic carbocycles. The zero-order valence-electron chi connectivity index (χ0n) is 16.8. The van der Waals surface area contributed by atoms with E-state index in [1.807, 2.05) is 92.2 Å². The van der Waals surface area contributed by atoms with Crippen molar-refractivity contribution in [3.8, 4) is 0 Å². The van der Waals surface area contributed by atoms with Crippen molar-refractivity contribution in [3.63, 3.8) is 0 Å². The van der Waals surface area contributed by atoms with E-state index in [1.54, 1.807) is 4.90 Å². The summed E-state index contributed by atoms with van der Waals surface area (Å²) in [6, 6.07) is 18.4. The van der Waals surface area contributed by atoms with Gasteiger partial charge in [-0.05, 0) is 49.6 Å². The van der Waals surface area contributed by atoms with Crippen LogP contribution in [0.2, 0.25) is 0 Å². The molecule has 0 fully saturated rings. The normalized spacial score (nSPS) is 15.8. The maximum Gasteiger partial charge on any atom is 0.294 e. The number of amides is 2. The van der Waals surface area contributed by atoms with Crippen molar-refractivity contribution in [1.82, 2.24) is 0 Å². The number of hydrogen-bond acceptors (Lipinski definition) is 2. The molecular formula is C24H24N3O2+. The minimum Gasteiger partial charge on any atom is -0.324 e. The summed E-state index contributed by atoms with van der Waals surface area (Å²) in [5, 5.41) is 3.03. The zero-order valence-corrected chi connectivity index (χ0v) is 16.8. The molecule has 3 aromatic rings. The molecule has 0 saturated carbocycles. The SMILES string of the molecule is Cc1ccccc1NC(=O)[C@@H]1c2cccc[n+]2CC(=O)N1c1cccc(C)c1C. The first-order chi connectivity index (χ1) is 14.0. The number of carbonyl (C=O) groups excluding carboxylic acids is 2. The van der Waals surface area contributed by atoms with E-state index >= 15 is 0 Å². The van der Waals surface area contributed by atoms with Crippen molar-refractivity contribution in [2.75, 3.05) is 10.2 Å². The molecule has 1 aromatic heterocycles. The highest BCUT2D eigenvalue weighted by Crippen LogP contribution is 2.33. The second-order valence-electron chi connectivity index (χ2n) is 7.44. The maximum absolute atomic E-state index is 13.5. The van der Waals surface area contributed by atoms with Gasteiger partial charge < -0.3 is 5.32 Å². The lowest BCUT2D eigenvalue weighted by atomic mass is 10.0. The van der Waals surface area contributed by atoms with Gasteiger partial charge in [-0.15, -0.1) is 0 Å². The number of benzene rings is 2. The first-order valence-corrected chi connectivity index (χ1v) is 9.70. The Morgan fingerprint density at radius 1 is 0.966 bits per heavy atom. The maximum atomic E-state index is 13.5. The number of hydrogen-bond donors (Lipinski definition) is 1. The molecule has 1 aliphatic heterocycles. The highest BCUT2D eigenvalue weighted by atomic mass is 16.2. The summed E-state index contributed by atoms with van der Waals surface area (Å²) >= 11 is 0. The van der Waals surface area contributed by atoms with Crippen LogP contribution in [-0.2, 0) is 16.1 Å². The van der Waals surface area contributed by atoms with E-state index in [0.29, 0.717) is 0 Å². The highest BCUT2D eigenvalue weighted by molar-refractivity contribution is 6.06. The topological polar surface area (TPSA) is 53.3 Å². The minimum absolute atomic E-state index is 0.104. The molecule has 0 bridgehead atoms. The Hall–Kier alpha value is -3.47. The molecule has 146 valence electrons. The molecule has 2 amide bonds. The number of pyridine rings is 1. The molecule has 4 rings (SSSR count). The second-order valence-corrected chi connectivity index (χ2v) is 7.44. The average Bonchev–Trinajstić information content (AvgIpc) is 2.71. The molecule has 1 N–H and O–H groups in total. The van der Waals surface area contributed by atoms with E-state index in [2.05, 4.69) is 5.32 Å². The van der Waals surface area contributed by atoms with Crippen LogP contribution >= 0.6 is 0 Å². The molecule has 0 radical (unpaired) electrons. The first kappa shape index (κ1) is 18.9. The van der Waals surface area contributed by atoms with E-state index in [4.69, 9.17) is 0 Å². The fraction of sp³-hybridized carbons (Fsp3) is 0.208. The van der Waals surface area contributed by atoms with Gasteiger partial charge >= 0.3 is 0 Å². The lowest BCUT2D eigenvalue weighted by Crippen LogP contribution is -2.58. The van der Waals surface area contributed by atoms with Gasteiger partial charge in [0.15, 0.2) is 6.20 Å². The van der Waals surface area contributed by atoms with Gasteiger partial charge in [-0.2, -0.15) is 4.57 Å². The molecule has 1 atom stereocenters. The van der Waals surface area contributed by atoms with Crippen molar-refractivity contribution < 1.29 is 14.2 Å². The number of para-hydroxylation sites is 1. The Balaban J connectivity index is 1.83. The summed E-state index contributed by atoms with van der Waals surface area (Å²) in [4.78, 5) is 28.3. The third kappa shape index (κ3) is 3.40. The van der Waals surface area contributed by atoms with Gasteiger partial charge in [-0.25, -0.2) is 0 Å². The number of aryl methyl sites for hydroxylation is 2. The van der Waals surface area contributed by atoms with E-state index in [1.165, 1.54) is 0 Å². The Kier molecular flexibility index (Phi) is 4.89. The molecule has 1 aliphatic rings. The smallest absolute Gasteiger partial charge is 0.294 e. The Morgan fingerprint density at radius 2 is 1.69 bits per heavy atom. The Morgan fingerprint density at radius 3 is 2.48 bits per heavy atom. The number of carbonyl (C=O) groups is 2. The van der Waals surface area contributed by atoms with Crippen molar-refractivity contribution in [1.29, 1.82) is 0 Å². The molecular weight excluding hydrogens is 362 g/mol. The second kappa shape index (κ2) is 7.51. The van der Waals surface area contributed by atoms with Gasteiger partial charge in [0.2, 0.25) is 18.3 Å². The van der Waals surface area contributed by atoms with Crippen LogP contribution in [0.4, 0.5) is 11.4 Å². The molecule has 0 unspecified atom stereocenters. The van der Waals surface area contributed by atoms with Crippen molar-refractivity contribution in [3.05, 3.63) is 89.2 Å². The molecule has 0 spiro atoms. The van der Waals surface area contributed by atoms with Gasteiger partial charge in [0.05, 0.1) is 0 Å². The van der Waals surface area contributed by atoms with Crippen LogP contribution in [0.5, 0.6) is 0 Å². The van der Waals surface area contributed by atoms with E-state index in [-0.39, 0.29) is 18.4 Å². The molecule has 2 aromatic carbocycles. The lowest BCUT2D eigenvalue weighted by molar-refractivity contribution is -0.695. The van der Waals surface area contributed by atoms with E-state index in [0.717, 1.165) is 33.8 Å². The Labute approximate surface area is 170 Å². The summed E-state index contributed by atoms with van der Waals surface area (Å²) in [7, 11) is 0. The highest BCUT2D eigenvalue weighted by Gasteiger charge is 2.44. The van der Waals surface area contributed by atoms with Gasteiger partial charge in [0.25, 0.3) is 11.8 Å². The van der Waals surface area contributed by atoms with Crippen molar-refractivity contribution >= 4 is 23.2 Å². The standard InChI is InChI=1S/C24H23N3O2/c1-16-10-8-13-20(18(16)3)27-22(28)15-26-14-7-6-12-21(26)23(27)24(29)25-19-11-5-4-9-17(19)2/h4-14,23H,15H2,1-3H3/p+1/t23-/m0/s1. The van der Waals surface area contributed by atoms with Crippen LogP contribution in [0, 0.1) is 20.8 Å². The summed E-state index contributed by atoms with van der Waals surface area (Å²) in [6.45, 7) is 6.16. The van der Waals surface area contributed by atoms with Crippen LogP contribution in [0.25, 0.3) is 0 Å². The summed E-state index contributed by atoms with van der Waals surface area (Å²) in [5.74, 6) is -0.333. The number of nitrogens with one attached hydrogen (secondary N) is 1. The first-order valence-electron chi connectivity index (χ1n) is 9.70. The number of fused-ring (bicyclic) bond motifs is 1. The quantitative estimate of drug-likeness (QED) is 0.699. The summed E-state index contributed by atoms with van der Waals surface area (Å²) in [6.07, 6.45) is 1.85. The van der Waals surface area contributed by atoms with Crippen molar-refractivity contribution in [2.24, 2.45) is 0 Å². The molecule has 0 saturated heterocycles. The van der Waals surface area contributed by atoms with Gasteiger partial charge in [0.1, 0.15) is 0 Å². The molecule has 2 heterocycles. The van der Waals surface area contributed by atoms with Crippen LogP contribution < -0.4 is 14.8 Å². The van der Waals surface area contributed by atoms with Gasteiger partial charge in [-0.3, -0.25) is 14.5 Å². The summed E-state index contributed by atoms with van der Waals surface area (Å²) < 4.78 is 1.85. The zero-order chi connectivity index (χ0) is 20.5. The number of aromatic nitrogens is 1.